The number of carboxylic acids is 1. The van der Waals surface area contributed by atoms with E-state index in [1.807, 2.05) is 73.7 Å². The quantitative estimate of drug-likeness (QED) is 0.0609. The van der Waals surface area contributed by atoms with Gasteiger partial charge in [0.2, 0.25) is 18.4 Å². The van der Waals surface area contributed by atoms with E-state index in [4.69, 9.17) is 42.1 Å². The molecule has 7 aromatic rings. The van der Waals surface area contributed by atoms with Crippen LogP contribution in [0.25, 0.3) is 11.6 Å². The number of carbonyl (C=O) groups is 1. The topological polar surface area (TPSA) is 221 Å². The first kappa shape index (κ1) is 54.1. The van der Waals surface area contributed by atoms with Gasteiger partial charge in [-0.25, -0.2) is 15.0 Å². The fourth-order valence-corrected chi connectivity index (χ4v) is 9.35. The first-order valence-electron chi connectivity index (χ1n) is 24.7. The van der Waals surface area contributed by atoms with Crippen LogP contribution in [0.5, 0.6) is 57.6 Å². The average Bonchev–Trinajstić information content (AvgIpc) is 4.08. The van der Waals surface area contributed by atoms with Gasteiger partial charge in [0.25, 0.3) is 5.88 Å². The molecule has 3 heterocycles. The molecule has 76 heavy (non-hydrogen) atoms. The molecule has 1 aliphatic carbocycles. The number of aromatic nitrogens is 4. The van der Waals surface area contributed by atoms with Gasteiger partial charge in [-0.2, -0.15) is 9.19 Å². The minimum absolute atomic E-state index is 0.00679. The van der Waals surface area contributed by atoms with Gasteiger partial charge in [-0.15, -0.1) is 0 Å². The molecule has 0 spiro atoms. The van der Waals surface area contributed by atoms with E-state index in [1.165, 1.54) is 19.5 Å². The van der Waals surface area contributed by atoms with Crippen molar-refractivity contribution in [3.8, 4) is 69.3 Å². The zero-order valence-electron chi connectivity index (χ0n) is 43.3. The van der Waals surface area contributed by atoms with Gasteiger partial charge in [-0.1, -0.05) is 77.1 Å². The molecule has 18 nitrogen and oxygen atoms in total. The highest BCUT2D eigenvalue weighted by Gasteiger charge is 2.48. The van der Waals surface area contributed by atoms with E-state index >= 15 is 0 Å². The van der Waals surface area contributed by atoms with E-state index in [0.717, 1.165) is 46.4 Å². The predicted octanol–water partition coefficient (Wildman–Crippen LogP) is 10.5. The summed E-state index contributed by atoms with van der Waals surface area (Å²) in [5, 5.41) is 20.1. The number of nitrogens with zero attached hydrogens (tertiary/aromatic N) is 4. The highest BCUT2D eigenvalue weighted by Crippen LogP contribution is 2.56. The molecule has 0 bridgehead atoms. The lowest BCUT2D eigenvalue weighted by atomic mass is 9.79. The van der Waals surface area contributed by atoms with Crippen molar-refractivity contribution >= 4 is 23.1 Å². The third kappa shape index (κ3) is 12.7. The minimum atomic E-state index is -2.10. The first-order valence-corrected chi connectivity index (χ1v) is 25.8. The van der Waals surface area contributed by atoms with Gasteiger partial charge in [-0.05, 0) is 101 Å². The molecule has 4 atom stereocenters. The minimum Gasteiger partial charge on any atom is -0.497 e. The predicted molar refractivity (Wildman–Crippen MR) is 285 cm³/mol. The fourth-order valence-electron chi connectivity index (χ4n) is 8.73. The van der Waals surface area contributed by atoms with E-state index < -0.39 is 35.0 Å². The van der Waals surface area contributed by atoms with Crippen LogP contribution in [0.4, 0.5) is 5.82 Å². The van der Waals surface area contributed by atoms with Gasteiger partial charge in [0.15, 0.2) is 34.6 Å². The maximum Gasteiger partial charge on any atom is 0.317 e. The number of fused-ring (bicyclic) bond motifs is 2. The molecular weight excluding hydrogens is 995 g/mol. The molecular formula is C57H61N5O13S. The van der Waals surface area contributed by atoms with Crippen molar-refractivity contribution < 1.29 is 61.3 Å². The molecule has 9 rings (SSSR count). The average molecular weight is 1060 g/mol. The number of aliphatic hydroxyl groups is 1. The molecule has 398 valence electrons. The Kier molecular flexibility index (Phi) is 17.7. The molecule has 2 aliphatic rings. The zero-order chi connectivity index (χ0) is 53.8. The number of methoxy groups -OCH3 is 2. The van der Waals surface area contributed by atoms with Crippen LogP contribution in [0.2, 0.25) is 0 Å². The lowest BCUT2D eigenvalue weighted by molar-refractivity contribution is -0.142. The third-order valence-electron chi connectivity index (χ3n) is 12.3. The Morgan fingerprint density at radius 1 is 0.697 bits per heavy atom. The van der Waals surface area contributed by atoms with Gasteiger partial charge < -0.3 is 52.3 Å². The van der Waals surface area contributed by atoms with Crippen LogP contribution in [0, 0.1) is 5.92 Å². The second-order valence-corrected chi connectivity index (χ2v) is 19.3. The Morgan fingerprint density at radius 3 is 2.09 bits per heavy atom. The SMILES string of the molecule is CCCOc1ccc2c(c1)[C@H](c1ccc(OC)cc1OCCC)[C@@H](C(=O)O)[C@@H]2c1ccc2c(c1)OCO2.COc1ccccc1Oc1c(NS(=O)Oc2ccc(C(C)(C)C)cc2)nc(-c2ncccn2)nc1OCCO. The number of para-hydroxylation sites is 2. The molecule has 0 radical (unpaired) electrons. The Balaban J connectivity index is 0.000000202. The summed E-state index contributed by atoms with van der Waals surface area (Å²) in [5.74, 6) is 2.18. The van der Waals surface area contributed by atoms with Crippen LogP contribution in [-0.4, -0.2) is 87.8 Å². The van der Waals surface area contributed by atoms with Crippen LogP contribution in [0.1, 0.15) is 87.1 Å². The molecule has 1 unspecified atom stereocenters. The number of rotatable bonds is 21. The van der Waals surface area contributed by atoms with Crippen molar-refractivity contribution in [3.05, 3.63) is 149 Å². The highest BCUT2D eigenvalue weighted by atomic mass is 32.2. The number of ether oxygens (including phenoxy) is 8. The summed E-state index contributed by atoms with van der Waals surface area (Å²) < 4.78 is 67.3. The number of hydrogen-bond donors (Lipinski definition) is 3. The van der Waals surface area contributed by atoms with Gasteiger partial charge in [0, 0.05) is 35.9 Å². The van der Waals surface area contributed by atoms with Crippen LogP contribution < -0.4 is 46.8 Å². The summed E-state index contributed by atoms with van der Waals surface area (Å²) in [6, 6.07) is 33.1. The number of nitrogens with one attached hydrogen (secondary N) is 1. The van der Waals surface area contributed by atoms with E-state index in [0.29, 0.717) is 53.5 Å². The van der Waals surface area contributed by atoms with Gasteiger partial charge in [-0.3, -0.25) is 9.52 Å². The van der Waals surface area contributed by atoms with E-state index in [1.54, 1.807) is 49.6 Å². The Morgan fingerprint density at radius 2 is 1.39 bits per heavy atom. The van der Waals surface area contributed by atoms with E-state index in [2.05, 4.69) is 52.4 Å². The van der Waals surface area contributed by atoms with Crippen LogP contribution in [-0.2, 0) is 21.5 Å². The summed E-state index contributed by atoms with van der Waals surface area (Å²) in [6.07, 6.45) is 4.78. The number of carboxylic acid groups (broad SMARTS) is 1. The first-order chi connectivity index (χ1) is 36.8. The van der Waals surface area contributed by atoms with Crippen LogP contribution in [0.3, 0.4) is 0 Å². The molecule has 1 aliphatic heterocycles. The smallest absolute Gasteiger partial charge is 0.317 e. The van der Waals surface area contributed by atoms with Crippen molar-refractivity contribution in [2.24, 2.45) is 5.92 Å². The third-order valence-corrected chi connectivity index (χ3v) is 13.0. The molecule has 3 N–H and O–H groups in total. The maximum atomic E-state index is 13.1. The maximum absolute atomic E-state index is 13.1. The van der Waals surface area contributed by atoms with Crippen LogP contribution in [0.15, 0.2) is 122 Å². The second kappa shape index (κ2) is 24.9. The molecule has 2 aromatic heterocycles. The molecule has 5 aromatic carbocycles. The monoisotopic (exact) mass is 1060 g/mol. The fraction of sp³-hybridized carbons (Fsp3) is 0.316. The van der Waals surface area contributed by atoms with Crippen molar-refractivity contribution in [1.29, 1.82) is 0 Å². The molecule has 0 saturated heterocycles. The highest BCUT2D eigenvalue weighted by molar-refractivity contribution is 7.82. The number of benzene rings is 5. The number of aliphatic hydroxyl groups excluding tert-OH is 1. The van der Waals surface area contributed by atoms with Crippen molar-refractivity contribution in [1.82, 2.24) is 19.9 Å². The summed E-state index contributed by atoms with van der Waals surface area (Å²) in [4.78, 5) is 30.3. The number of hydrogen-bond acceptors (Lipinski definition) is 16. The van der Waals surface area contributed by atoms with Gasteiger partial charge in [0.1, 0.15) is 29.6 Å². The summed E-state index contributed by atoms with van der Waals surface area (Å²) in [7, 11) is 3.11. The van der Waals surface area contributed by atoms with Crippen LogP contribution >= 0.6 is 0 Å². The molecule has 19 heteroatoms. The molecule has 0 amide bonds. The van der Waals surface area contributed by atoms with Crippen molar-refractivity contribution in [2.45, 2.75) is 64.7 Å². The Labute approximate surface area is 444 Å². The Bertz CT molecular complexity index is 3120. The zero-order valence-corrected chi connectivity index (χ0v) is 44.1. The van der Waals surface area contributed by atoms with Crippen molar-refractivity contribution in [2.75, 3.05) is 52.2 Å². The van der Waals surface area contributed by atoms with Crippen molar-refractivity contribution in [3.63, 3.8) is 0 Å². The summed E-state index contributed by atoms with van der Waals surface area (Å²) in [5.41, 5.74) is 4.64. The summed E-state index contributed by atoms with van der Waals surface area (Å²) in [6.45, 7) is 11.3. The molecule has 0 fully saturated rings. The molecule has 0 saturated carbocycles. The van der Waals surface area contributed by atoms with E-state index in [9.17, 15) is 19.2 Å². The number of aliphatic carboxylic acids is 1. The lowest BCUT2D eigenvalue weighted by Crippen LogP contribution is -2.24. The largest absolute Gasteiger partial charge is 0.497 e. The second-order valence-electron chi connectivity index (χ2n) is 18.4. The van der Waals surface area contributed by atoms with E-state index in [-0.39, 0.29) is 54.5 Å². The normalized spacial score (nSPS) is 15.6. The Hall–Kier alpha value is -8.16. The summed E-state index contributed by atoms with van der Waals surface area (Å²) >= 11 is -2.10. The van der Waals surface area contributed by atoms with Gasteiger partial charge >= 0.3 is 17.2 Å². The van der Waals surface area contributed by atoms with Gasteiger partial charge in [0.05, 0.1) is 40.0 Å². The number of anilines is 1. The standard InChI is InChI=1S/C30H32O7.C27H29N5O6S/c1-4-12-34-20-8-9-21-23(15-20)28(22-10-7-19(33-3)16-25(22)35-13-5-2)29(30(31)32)27(21)18-6-11-24-26(14-18)37-17-36-24;1-27(2,3)18-10-12-19(13-11-18)38-39(34)32-23-22(37-21-9-6-5-8-20(21)35-4)26(36-17-16-33)31-25(30-23)24-28-14-7-15-29-24/h6-11,14-16,27-29H,4-5,12-13,17H2,1-3H3,(H,31,32);5-15,33H,16-17H2,1-4H3,(H,30,31,32)/t27-,28+,29+;/m1./s1. The lowest BCUT2D eigenvalue weighted by Gasteiger charge is -2.25.